The molecule has 0 atom stereocenters. The Kier molecular flexibility index (Phi) is 10.9. The number of hydrogen-bond acceptors (Lipinski definition) is 2. The van der Waals surface area contributed by atoms with E-state index in [1.54, 1.807) is 0 Å². The predicted molar refractivity (Wildman–Crippen MR) is 163 cm³/mol. The molecule has 3 nitrogen and oxygen atoms in total. The zero-order valence-corrected chi connectivity index (χ0v) is 24.9. The van der Waals surface area contributed by atoms with E-state index < -0.39 is 7.25 Å². The molecule has 0 saturated heterocycles. The van der Waals surface area contributed by atoms with Crippen LogP contribution in [0.2, 0.25) is 0 Å². The fourth-order valence-corrected chi connectivity index (χ4v) is 4.24. The molecule has 1 aliphatic heterocycles. The van der Waals surface area contributed by atoms with Crippen LogP contribution in [-0.4, -0.2) is 31.1 Å². The first-order chi connectivity index (χ1) is 19.3. The van der Waals surface area contributed by atoms with Crippen LogP contribution in [0.5, 0.6) is 0 Å². The lowest BCUT2D eigenvalue weighted by molar-refractivity contribution is -0.494. The normalized spacial score (nSPS) is 15.4. The van der Waals surface area contributed by atoms with Crippen LogP contribution in [0, 0.1) is 32.1 Å². The molecule has 212 valence electrons. The van der Waals surface area contributed by atoms with E-state index in [0.717, 1.165) is 44.0 Å². The van der Waals surface area contributed by atoms with E-state index in [0.29, 0.717) is 13.0 Å². The number of nitrogens with zero attached hydrogens (tertiary/aromatic N) is 2. The molecule has 0 spiro atoms. The summed E-state index contributed by atoms with van der Waals surface area (Å²) < 4.78 is 48.5. The summed E-state index contributed by atoms with van der Waals surface area (Å²) in [4.78, 5) is 0. The lowest BCUT2D eigenvalue weighted by Crippen LogP contribution is -2.16. The third-order valence-electron chi connectivity index (χ3n) is 6.43. The molecule has 0 N–H and O–H groups in total. The van der Waals surface area contributed by atoms with Gasteiger partial charge in [-0.2, -0.15) is 5.26 Å². The van der Waals surface area contributed by atoms with Crippen molar-refractivity contribution in [3.63, 3.8) is 0 Å². The van der Waals surface area contributed by atoms with E-state index >= 15 is 0 Å². The fraction of sp³-hybridized carbons (Fsp3) is 0.188. The quantitative estimate of drug-likeness (QED) is 0.189. The third kappa shape index (κ3) is 9.91. The van der Waals surface area contributed by atoms with Gasteiger partial charge in [0, 0.05) is 22.2 Å². The second-order valence-corrected chi connectivity index (χ2v) is 10.5. The summed E-state index contributed by atoms with van der Waals surface area (Å²) in [5, 5.41) is 8.82. The van der Waals surface area contributed by atoms with Crippen molar-refractivity contribution in [3.8, 4) is 6.07 Å². The standard InChI is InChI=1S/C32H30BrN2O.BF4/c1-22-6-10-26(18-23(22)2)28-20-30(36-32(21-28)27-11-15-31(33)24(3)19-27)14-9-25-7-12-29(13-8-25)35(4)17-5-16-34;2-1(3,4)5/h6-15,18-21H,5,17H2,1-4H3;/q+1;-1. The molecule has 0 fully saturated rings. The lowest BCUT2D eigenvalue weighted by atomic mass is 9.97. The molecular weight excluding hydrogens is 595 g/mol. The first kappa shape index (κ1) is 31.6. The number of hydrogen-bond donors (Lipinski definition) is 0. The molecule has 2 aliphatic rings. The van der Waals surface area contributed by atoms with Crippen molar-refractivity contribution in [3.05, 3.63) is 129 Å². The largest absolute Gasteiger partial charge is 0.673 e. The topological polar surface area (TPSA) is 36.0 Å². The highest BCUT2D eigenvalue weighted by molar-refractivity contribution is 9.10. The van der Waals surface area contributed by atoms with E-state index in [1.165, 1.54) is 16.7 Å². The van der Waals surface area contributed by atoms with Crippen molar-refractivity contribution >= 4 is 40.2 Å². The molecule has 41 heavy (non-hydrogen) atoms. The van der Waals surface area contributed by atoms with E-state index in [2.05, 4.69) is 126 Å². The average molecular weight is 625 g/mol. The fourth-order valence-electron chi connectivity index (χ4n) is 4.00. The van der Waals surface area contributed by atoms with Gasteiger partial charge in [-0.15, -0.1) is 0 Å². The molecule has 2 aromatic carbocycles. The van der Waals surface area contributed by atoms with Crippen LogP contribution < -0.4 is 0 Å². The second kappa shape index (κ2) is 14.1. The Morgan fingerprint density at radius 1 is 0.878 bits per heavy atom. The van der Waals surface area contributed by atoms with Gasteiger partial charge >= 0.3 is 7.25 Å². The molecule has 1 heterocycles. The summed E-state index contributed by atoms with van der Waals surface area (Å²) in [6.45, 7) is 7.08. The summed E-state index contributed by atoms with van der Waals surface area (Å²) in [5.74, 6) is 1.62. The van der Waals surface area contributed by atoms with E-state index in [4.69, 9.17) is 10.00 Å². The van der Waals surface area contributed by atoms with Gasteiger partial charge in [-0.25, -0.2) is 4.58 Å². The number of allylic oxidation sites excluding steroid dienone is 10. The van der Waals surface area contributed by atoms with Gasteiger partial charge in [-0.05, 0) is 96.7 Å². The first-order valence-electron chi connectivity index (χ1n) is 12.9. The minimum absolute atomic E-state index is 0.511. The highest BCUT2D eigenvalue weighted by Crippen LogP contribution is 2.33. The SMILES string of the molecule is Cc1ccc(C2=CC(=CC=C3C=CC(=[N+](C)CCC#N)C=C3)OC(c3ccc(Br)c(C)c3)=C2)cc1C.F[B-](F)(F)F. The second-order valence-electron chi connectivity index (χ2n) is 9.63. The Morgan fingerprint density at radius 3 is 2.12 bits per heavy atom. The first-order valence-corrected chi connectivity index (χ1v) is 13.7. The maximum atomic E-state index is 9.75. The van der Waals surface area contributed by atoms with Crippen molar-refractivity contribution in [2.75, 3.05) is 13.6 Å². The van der Waals surface area contributed by atoms with Crippen LogP contribution in [0.4, 0.5) is 17.3 Å². The van der Waals surface area contributed by atoms with Gasteiger partial charge in [0.2, 0.25) is 0 Å². The van der Waals surface area contributed by atoms with E-state index in [1.807, 2.05) is 13.1 Å². The van der Waals surface area contributed by atoms with Crippen molar-refractivity contribution in [2.45, 2.75) is 27.2 Å². The summed E-state index contributed by atoms with van der Waals surface area (Å²) in [6.07, 6.45) is 17.1. The molecule has 0 unspecified atom stereocenters. The van der Waals surface area contributed by atoms with Crippen LogP contribution >= 0.6 is 15.9 Å². The van der Waals surface area contributed by atoms with Gasteiger partial charge in [0.1, 0.15) is 18.6 Å². The summed E-state index contributed by atoms with van der Waals surface area (Å²) >= 11 is 3.60. The van der Waals surface area contributed by atoms with Gasteiger partial charge < -0.3 is 22.0 Å². The van der Waals surface area contributed by atoms with Gasteiger partial charge in [-0.3, -0.25) is 0 Å². The number of aryl methyl sites for hydroxylation is 3. The number of ether oxygens (including phenoxy) is 1. The van der Waals surface area contributed by atoms with E-state index in [-0.39, 0.29) is 0 Å². The minimum Gasteiger partial charge on any atom is -0.457 e. The van der Waals surface area contributed by atoms with Crippen molar-refractivity contribution < 1.29 is 26.6 Å². The third-order valence-corrected chi connectivity index (χ3v) is 7.32. The highest BCUT2D eigenvalue weighted by atomic mass is 79.9. The summed E-state index contributed by atoms with van der Waals surface area (Å²) in [6, 6.07) is 15.1. The molecule has 0 radical (unpaired) electrons. The Bertz CT molecular complexity index is 1550. The molecule has 1 aliphatic carbocycles. The molecule has 0 saturated carbocycles. The maximum absolute atomic E-state index is 9.75. The Morgan fingerprint density at radius 2 is 1.51 bits per heavy atom. The molecule has 9 heteroatoms. The lowest BCUT2D eigenvalue weighted by Gasteiger charge is -2.19. The van der Waals surface area contributed by atoms with Crippen molar-refractivity contribution in [1.82, 2.24) is 0 Å². The zero-order chi connectivity index (χ0) is 30.2. The van der Waals surface area contributed by atoms with Crippen LogP contribution in [0.25, 0.3) is 11.3 Å². The molecule has 0 aromatic heterocycles. The van der Waals surface area contributed by atoms with Crippen LogP contribution in [0.3, 0.4) is 0 Å². The average Bonchev–Trinajstić information content (AvgIpc) is 2.92. The Balaban J connectivity index is 0.000000850. The molecular formula is C32H30BBrF4N2O. The molecule has 2 aromatic rings. The van der Waals surface area contributed by atoms with Gasteiger partial charge in [-0.1, -0.05) is 46.3 Å². The predicted octanol–water partition coefficient (Wildman–Crippen LogP) is 9.06. The Hall–Kier alpha value is -3.90. The molecule has 0 amide bonds. The van der Waals surface area contributed by atoms with Gasteiger partial charge in [0.15, 0.2) is 12.3 Å². The van der Waals surface area contributed by atoms with Crippen LogP contribution in [-0.2, 0) is 4.74 Å². The van der Waals surface area contributed by atoms with Crippen LogP contribution in [0.1, 0.15) is 34.2 Å². The van der Waals surface area contributed by atoms with E-state index in [9.17, 15) is 17.3 Å². The number of halogens is 5. The zero-order valence-electron chi connectivity index (χ0n) is 23.3. The monoisotopic (exact) mass is 624 g/mol. The minimum atomic E-state index is -6.00. The molecule has 0 bridgehead atoms. The van der Waals surface area contributed by atoms with Crippen LogP contribution in [0.15, 0.2) is 101 Å². The maximum Gasteiger partial charge on any atom is 0.673 e. The number of rotatable bonds is 5. The number of benzene rings is 2. The van der Waals surface area contributed by atoms with Crippen molar-refractivity contribution in [2.24, 2.45) is 0 Å². The highest BCUT2D eigenvalue weighted by Gasteiger charge is 2.20. The van der Waals surface area contributed by atoms with Crippen molar-refractivity contribution in [1.29, 1.82) is 5.26 Å². The molecule has 4 rings (SSSR count). The summed E-state index contributed by atoms with van der Waals surface area (Å²) in [5.41, 5.74) is 9.22. The van der Waals surface area contributed by atoms with Gasteiger partial charge in [0.25, 0.3) is 0 Å². The number of nitriles is 1. The van der Waals surface area contributed by atoms with Gasteiger partial charge in [0.05, 0.1) is 12.5 Å². The smallest absolute Gasteiger partial charge is 0.457 e. The summed E-state index contributed by atoms with van der Waals surface area (Å²) in [7, 11) is -4.00. The Labute approximate surface area is 247 Å².